The number of aromatic carboxylic acids is 1. The number of anilines is 1. The first-order valence-electron chi connectivity index (χ1n) is 4.98. The van der Waals surface area contributed by atoms with Crippen LogP contribution in [-0.2, 0) is 0 Å². The summed E-state index contributed by atoms with van der Waals surface area (Å²) in [5.41, 5.74) is 6.13. The number of rotatable bonds is 3. The molecule has 0 atom stereocenters. The van der Waals surface area contributed by atoms with E-state index in [4.69, 9.17) is 15.6 Å². The third kappa shape index (κ3) is 1.93. The van der Waals surface area contributed by atoms with Crippen molar-refractivity contribution in [3.8, 4) is 22.8 Å². The Bertz CT molecular complexity index is 606. The lowest BCUT2D eigenvalue weighted by Gasteiger charge is -2.09. The highest BCUT2D eigenvalue weighted by molar-refractivity contribution is 5.91. The molecule has 1 heterocycles. The zero-order chi connectivity index (χ0) is 13.3. The van der Waals surface area contributed by atoms with Gasteiger partial charge in [-0.1, -0.05) is 0 Å². The Hall–Kier alpha value is -2.70. The minimum Gasteiger partial charge on any atom is -0.504 e. The van der Waals surface area contributed by atoms with E-state index >= 15 is 0 Å². The van der Waals surface area contributed by atoms with Crippen LogP contribution in [0.4, 0.5) is 5.82 Å². The van der Waals surface area contributed by atoms with Crippen LogP contribution in [0.3, 0.4) is 0 Å². The number of nitrogens with zero attached hydrogens (tertiary/aromatic N) is 1. The number of H-pyrrole nitrogens is 1. The number of benzene rings is 1. The average Bonchev–Trinajstić information content (AvgIpc) is 2.75. The Morgan fingerprint density at radius 2 is 2.17 bits per heavy atom. The minimum absolute atomic E-state index is 0.00665. The van der Waals surface area contributed by atoms with E-state index < -0.39 is 5.97 Å². The molecule has 0 aliphatic rings. The summed E-state index contributed by atoms with van der Waals surface area (Å²) in [6.45, 7) is 0. The number of carboxylic acid groups (broad SMARTS) is 1. The standard InChI is InChI=1S/C11H11N3O4/c1-18-8-3-5(11(16)17)2-6(10(8)15)7-4-9(12)14-13-7/h2-4,15H,1H3,(H,16,17)(H3,12,13,14). The number of phenols is 1. The smallest absolute Gasteiger partial charge is 0.335 e. The van der Waals surface area contributed by atoms with Crippen LogP contribution < -0.4 is 10.5 Å². The normalized spacial score (nSPS) is 10.3. The molecule has 1 aromatic heterocycles. The van der Waals surface area contributed by atoms with E-state index in [9.17, 15) is 9.90 Å². The number of nitrogen functional groups attached to an aromatic ring is 1. The van der Waals surface area contributed by atoms with E-state index in [2.05, 4.69) is 10.2 Å². The third-order valence-electron chi connectivity index (χ3n) is 2.43. The monoisotopic (exact) mass is 249 g/mol. The molecule has 0 amide bonds. The Kier molecular flexibility index (Phi) is 2.80. The lowest BCUT2D eigenvalue weighted by molar-refractivity contribution is 0.0696. The van der Waals surface area contributed by atoms with E-state index in [0.717, 1.165) is 0 Å². The summed E-state index contributed by atoms with van der Waals surface area (Å²) in [4.78, 5) is 11.0. The van der Waals surface area contributed by atoms with Crippen molar-refractivity contribution in [3.63, 3.8) is 0 Å². The highest BCUT2D eigenvalue weighted by Crippen LogP contribution is 2.37. The van der Waals surface area contributed by atoms with E-state index in [1.54, 1.807) is 0 Å². The van der Waals surface area contributed by atoms with E-state index in [1.165, 1.54) is 25.3 Å². The van der Waals surface area contributed by atoms with Gasteiger partial charge in [0.2, 0.25) is 0 Å². The topological polar surface area (TPSA) is 121 Å². The lowest BCUT2D eigenvalue weighted by Crippen LogP contribution is -1.98. The molecule has 0 saturated heterocycles. The molecule has 2 rings (SSSR count). The highest BCUT2D eigenvalue weighted by atomic mass is 16.5. The Labute approximate surface area is 102 Å². The molecule has 2 aromatic rings. The number of hydrogen-bond donors (Lipinski definition) is 4. The summed E-state index contributed by atoms with van der Waals surface area (Å²) < 4.78 is 4.93. The van der Waals surface area contributed by atoms with Crippen LogP contribution in [-0.4, -0.2) is 33.5 Å². The molecule has 7 nitrogen and oxygen atoms in total. The van der Waals surface area contributed by atoms with Gasteiger partial charge in [0.15, 0.2) is 11.5 Å². The molecule has 0 aliphatic carbocycles. The fourth-order valence-electron chi connectivity index (χ4n) is 1.57. The van der Waals surface area contributed by atoms with Crippen molar-refractivity contribution in [2.24, 2.45) is 0 Å². The van der Waals surface area contributed by atoms with Gasteiger partial charge in [-0.3, -0.25) is 5.10 Å². The van der Waals surface area contributed by atoms with Crippen molar-refractivity contribution < 1.29 is 19.7 Å². The van der Waals surface area contributed by atoms with Gasteiger partial charge in [-0.2, -0.15) is 5.10 Å². The van der Waals surface area contributed by atoms with Gasteiger partial charge >= 0.3 is 5.97 Å². The molecule has 5 N–H and O–H groups in total. The van der Waals surface area contributed by atoms with Gasteiger partial charge in [0.25, 0.3) is 0 Å². The van der Waals surface area contributed by atoms with Gasteiger partial charge in [-0.15, -0.1) is 0 Å². The molecule has 0 spiro atoms. The van der Waals surface area contributed by atoms with Crippen molar-refractivity contribution in [3.05, 3.63) is 23.8 Å². The van der Waals surface area contributed by atoms with Gasteiger partial charge in [0.1, 0.15) is 5.82 Å². The van der Waals surface area contributed by atoms with Gasteiger partial charge in [0, 0.05) is 11.6 Å². The molecular weight excluding hydrogens is 238 g/mol. The number of nitrogens with two attached hydrogens (primary N) is 1. The Morgan fingerprint density at radius 1 is 1.44 bits per heavy atom. The maximum atomic E-state index is 11.0. The second-order valence-electron chi connectivity index (χ2n) is 3.59. The van der Waals surface area contributed by atoms with Crippen LogP contribution in [0.1, 0.15) is 10.4 Å². The van der Waals surface area contributed by atoms with Gasteiger partial charge < -0.3 is 20.7 Å². The van der Waals surface area contributed by atoms with Crippen molar-refractivity contribution in [2.45, 2.75) is 0 Å². The molecular formula is C11H11N3O4. The Morgan fingerprint density at radius 3 is 2.67 bits per heavy atom. The summed E-state index contributed by atoms with van der Waals surface area (Å²) in [6.07, 6.45) is 0. The molecule has 0 bridgehead atoms. The summed E-state index contributed by atoms with van der Waals surface area (Å²) in [5, 5.41) is 25.2. The quantitative estimate of drug-likeness (QED) is 0.645. The zero-order valence-corrected chi connectivity index (χ0v) is 9.47. The average molecular weight is 249 g/mol. The van der Waals surface area contributed by atoms with Crippen molar-refractivity contribution in [1.29, 1.82) is 0 Å². The van der Waals surface area contributed by atoms with Crippen molar-refractivity contribution in [2.75, 3.05) is 12.8 Å². The summed E-state index contributed by atoms with van der Waals surface area (Å²) in [5.74, 6) is -0.990. The molecule has 94 valence electrons. The fourth-order valence-corrected chi connectivity index (χ4v) is 1.57. The predicted molar refractivity (Wildman–Crippen MR) is 63.6 cm³/mol. The minimum atomic E-state index is -1.12. The predicted octanol–water partition coefficient (Wildman–Crippen LogP) is 1.07. The number of aromatic hydroxyl groups is 1. The third-order valence-corrected chi connectivity index (χ3v) is 2.43. The van der Waals surface area contributed by atoms with Crippen LogP contribution in [0.25, 0.3) is 11.3 Å². The van der Waals surface area contributed by atoms with Crippen molar-refractivity contribution >= 4 is 11.8 Å². The molecule has 0 aliphatic heterocycles. The van der Waals surface area contributed by atoms with Crippen LogP contribution >= 0.6 is 0 Å². The number of aromatic amines is 1. The van der Waals surface area contributed by atoms with Crippen LogP contribution in [0, 0.1) is 0 Å². The molecule has 18 heavy (non-hydrogen) atoms. The largest absolute Gasteiger partial charge is 0.504 e. The number of carboxylic acids is 1. The number of nitrogens with one attached hydrogen (secondary N) is 1. The summed E-state index contributed by atoms with van der Waals surface area (Å²) in [6, 6.07) is 4.04. The zero-order valence-electron chi connectivity index (χ0n) is 9.47. The molecule has 0 saturated carbocycles. The van der Waals surface area contributed by atoms with Gasteiger partial charge in [0.05, 0.1) is 18.4 Å². The number of carbonyl (C=O) groups is 1. The second-order valence-corrected chi connectivity index (χ2v) is 3.59. The van der Waals surface area contributed by atoms with Crippen LogP contribution in [0.2, 0.25) is 0 Å². The number of hydrogen-bond acceptors (Lipinski definition) is 5. The fraction of sp³-hybridized carbons (Fsp3) is 0.0909. The maximum Gasteiger partial charge on any atom is 0.335 e. The van der Waals surface area contributed by atoms with E-state index in [1.807, 2.05) is 0 Å². The molecule has 7 heteroatoms. The maximum absolute atomic E-state index is 11.0. The first kappa shape index (κ1) is 11.8. The second kappa shape index (κ2) is 4.28. The SMILES string of the molecule is COc1cc(C(=O)O)cc(-c2cc(N)n[nH]2)c1O. The summed E-state index contributed by atoms with van der Waals surface area (Å²) >= 11 is 0. The molecule has 1 aromatic carbocycles. The Balaban J connectivity index is 2.65. The van der Waals surface area contributed by atoms with Gasteiger partial charge in [-0.25, -0.2) is 4.79 Å². The first-order valence-corrected chi connectivity index (χ1v) is 4.98. The summed E-state index contributed by atoms with van der Waals surface area (Å²) in [7, 11) is 1.34. The molecule has 0 radical (unpaired) electrons. The lowest BCUT2D eigenvalue weighted by atomic mass is 10.1. The number of phenolic OH excluding ortho intramolecular Hbond substituents is 1. The molecule has 0 fully saturated rings. The highest BCUT2D eigenvalue weighted by Gasteiger charge is 2.16. The first-order chi connectivity index (χ1) is 8.52. The molecule has 0 unspecified atom stereocenters. The van der Waals surface area contributed by atoms with E-state index in [0.29, 0.717) is 5.69 Å². The number of aromatic nitrogens is 2. The number of methoxy groups -OCH3 is 1. The van der Waals surface area contributed by atoms with Crippen molar-refractivity contribution in [1.82, 2.24) is 10.2 Å². The van der Waals surface area contributed by atoms with Crippen LogP contribution in [0.15, 0.2) is 18.2 Å². The van der Waals surface area contributed by atoms with Gasteiger partial charge in [-0.05, 0) is 12.1 Å². The van der Waals surface area contributed by atoms with E-state index in [-0.39, 0.29) is 28.4 Å². The number of ether oxygens (including phenoxy) is 1. The van der Waals surface area contributed by atoms with Crippen LogP contribution in [0.5, 0.6) is 11.5 Å².